The Morgan fingerprint density at radius 1 is 1.40 bits per heavy atom. The number of halogens is 1. The number of hydrogen-bond acceptors (Lipinski definition) is 3. The quantitative estimate of drug-likeness (QED) is 0.872. The van der Waals surface area contributed by atoms with Crippen LogP contribution in [-0.2, 0) is 9.59 Å². The topological polar surface area (TPSA) is 60.9 Å². The predicted octanol–water partition coefficient (Wildman–Crippen LogP) is 3.05. The summed E-state index contributed by atoms with van der Waals surface area (Å²) in [5, 5.41) is 10.3. The zero-order valence-electron chi connectivity index (χ0n) is 14.7. The first-order valence-corrected chi connectivity index (χ1v) is 9.18. The molecular weight excluding hydrogens is 340 g/mol. The van der Waals surface area contributed by atoms with Gasteiger partial charge in [-0.3, -0.25) is 14.5 Å². The average molecular weight is 365 g/mol. The molecule has 0 bridgehead atoms. The van der Waals surface area contributed by atoms with E-state index in [0.29, 0.717) is 18.1 Å². The Hall–Kier alpha value is -1.59. The third kappa shape index (κ3) is 3.40. The summed E-state index contributed by atoms with van der Waals surface area (Å²) in [6.07, 6.45) is 2.66. The van der Waals surface area contributed by atoms with Crippen molar-refractivity contribution in [3.05, 3.63) is 34.9 Å². The first-order chi connectivity index (χ1) is 11.8. The lowest BCUT2D eigenvalue weighted by atomic mass is 9.81. The van der Waals surface area contributed by atoms with Gasteiger partial charge in [0.2, 0.25) is 5.91 Å². The molecule has 1 amide bonds. The van der Waals surface area contributed by atoms with Crippen LogP contribution in [0.15, 0.2) is 24.3 Å². The molecule has 3 rings (SSSR count). The lowest BCUT2D eigenvalue weighted by Gasteiger charge is -2.28. The zero-order valence-corrected chi connectivity index (χ0v) is 15.5. The molecule has 0 aromatic heterocycles. The maximum atomic E-state index is 12.7. The zero-order chi connectivity index (χ0) is 18.2. The van der Waals surface area contributed by atoms with Crippen molar-refractivity contribution in [1.82, 2.24) is 9.80 Å². The first kappa shape index (κ1) is 18.2. The number of benzene rings is 1. The standard InChI is InChI=1S/C19H25ClN2O3/c1-13(14-5-7-16(20)8-6-14)21(2)17(23)11-22-10-15-4-3-9-19(15,12-22)18(24)25/h5-8,13,15H,3-4,9-12H2,1-2H3,(H,24,25)/t13?,15-,19+/m0/s1. The summed E-state index contributed by atoms with van der Waals surface area (Å²) in [5.41, 5.74) is 0.390. The summed E-state index contributed by atoms with van der Waals surface area (Å²) >= 11 is 5.92. The van der Waals surface area contributed by atoms with Crippen LogP contribution in [0.25, 0.3) is 0 Å². The van der Waals surface area contributed by atoms with E-state index < -0.39 is 11.4 Å². The van der Waals surface area contributed by atoms with E-state index >= 15 is 0 Å². The average Bonchev–Trinajstić information content (AvgIpc) is 3.12. The molecule has 136 valence electrons. The Morgan fingerprint density at radius 2 is 2.08 bits per heavy atom. The molecule has 0 spiro atoms. The minimum absolute atomic E-state index is 0.0166. The maximum Gasteiger partial charge on any atom is 0.311 e. The van der Waals surface area contributed by atoms with E-state index in [4.69, 9.17) is 11.6 Å². The highest BCUT2D eigenvalue weighted by Crippen LogP contribution is 2.48. The minimum Gasteiger partial charge on any atom is -0.481 e. The van der Waals surface area contributed by atoms with Crippen LogP contribution in [-0.4, -0.2) is 53.5 Å². The van der Waals surface area contributed by atoms with E-state index in [1.807, 2.05) is 36.1 Å². The molecule has 2 fully saturated rings. The highest BCUT2D eigenvalue weighted by atomic mass is 35.5. The van der Waals surface area contributed by atoms with Crippen LogP contribution in [0.1, 0.15) is 37.8 Å². The van der Waals surface area contributed by atoms with Gasteiger partial charge in [0.25, 0.3) is 0 Å². The Balaban J connectivity index is 1.62. The number of likely N-dealkylation sites (tertiary alicyclic amines) is 1. The Bertz CT molecular complexity index is 663. The van der Waals surface area contributed by atoms with Gasteiger partial charge in [-0.1, -0.05) is 30.2 Å². The second kappa shape index (κ2) is 6.96. The van der Waals surface area contributed by atoms with Crippen LogP contribution in [0, 0.1) is 11.3 Å². The maximum absolute atomic E-state index is 12.7. The number of carboxylic acid groups (broad SMARTS) is 1. The number of carbonyl (C=O) groups excluding carboxylic acids is 1. The fraction of sp³-hybridized carbons (Fsp3) is 0.579. The van der Waals surface area contributed by atoms with E-state index in [9.17, 15) is 14.7 Å². The molecule has 1 aliphatic carbocycles. The van der Waals surface area contributed by atoms with Crippen molar-refractivity contribution in [3.8, 4) is 0 Å². The molecule has 25 heavy (non-hydrogen) atoms. The molecule has 2 aliphatic rings. The molecule has 1 aliphatic heterocycles. The molecular formula is C19H25ClN2O3. The van der Waals surface area contributed by atoms with Crippen LogP contribution < -0.4 is 0 Å². The molecule has 1 N–H and O–H groups in total. The number of fused-ring (bicyclic) bond motifs is 1. The number of aliphatic carboxylic acids is 1. The summed E-state index contributed by atoms with van der Waals surface area (Å²) in [7, 11) is 1.80. The number of carbonyl (C=O) groups is 2. The lowest BCUT2D eigenvalue weighted by molar-refractivity contribution is -0.149. The van der Waals surface area contributed by atoms with Crippen LogP contribution in [0.5, 0.6) is 0 Å². The fourth-order valence-corrected chi connectivity index (χ4v) is 4.47. The van der Waals surface area contributed by atoms with Crippen molar-refractivity contribution >= 4 is 23.5 Å². The summed E-state index contributed by atoms with van der Waals surface area (Å²) in [6, 6.07) is 7.45. The summed E-state index contributed by atoms with van der Waals surface area (Å²) in [4.78, 5) is 28.2. The molecule has 1 aromatic rings. The van der Waals surface area contributed by atoms with Crippen molar-refractivity contribution < 1.29 is 14.7 Å². The van der Waals surface area contributed by atoms with E-state index in [-0.39, 0.29) is 24.4 Å². The van der Waals surface area contributed by atoms with Gasteiger partial charge in [-0.2, -0.15) is 0 Å². The van der Waals surface area contributed by atoms with Crippen molar-refractivity contribution in [3.63, 3.8) is 0 Å². The smallest absolute Gasteiger partial charge is 0.311 e. The highest BCUT2D eigenvalue weighted by Gasteiger charge is 2.54. The molecule has 1 saturated carbocycles. The van der Waals surface area contributed by atoms with Gasteiger partial charge in [-0.15, -0.1) is 0 Å². The van der Waals surface area contributed by atoms with Gasteiger partial charge >= 0.3 is 5.97 Å². The van der Waals surface area contributed by atoms with Gasteiger partial charge in [0.05, 0.1) is 18.0 Å². The van der Waals surface area contributed by atoms with E-state index in [1.54, 1.807) is 11.9 Å². The number of nitrogens with zero attached hydrogens (tertiary/aromatic N) is 2. The molecule has 1 unspecified atom stereocenters. The van der Waals surface area contributed by atoms with Crippen LogP contribution >= 0.6 is 11.6 Å². The van der Waals surface area contributed by atoms with E-state index in [2.05, 4.69) is 0 Å². The fourth-order valence-electron chi connectivity index (χ4n) is 4.35. The SMILES string of the molecule is CC(c1ccc(Cl)cc1)N(C)C(=O)CN1C[C@@H]2CCC[C@@]2(C(=O)O)C1. The molecule has 1 aromatic carbocycles. The lowest BCUT2D eigenvalue weighted by Crippen LogP contribution is -2.40. The van der Waals surface area contributed by atoms with E-state index in [1.165, 1.54) is 0 Å². The molecule has 0 radical (unpaired) electrons. The third-order valence-electron chi connectivity index (χ3n) is 6.05. The van der Waals surface area contributed by atoms with Gasteiger partial charge in [0.15, 0.2) is 0 Å². The number of amides is 1. The normalized spacial score (nSPS) is 27.1. The van der Waals surface area contributed by atoms with Crippen LogP contribution in [0.2, 0.25) is 5.02 Å². The Labute approximate surface area is 153 Å². The number of carboxylic acids is 1. The van der Waals surface area contributed by atoms with Gasteiger partial charge in [0, 0.05) is 25.2 Å². The monoisotopic (exact) mass is 364 g/mol. The van der Waals surface area contributed by atoms with Crippen LogP contribution in [0.4, 0.5) is 0 Å². The summed E-state index contributed by atoms with van der Waals surface area (Å²) < 4.78 is 0. The second-order valence-corrected chi connectivity index (χ2v) is 7.89. The minimum atomic E-state index is -0.701. The van der Waals surface area contributed by atoms with Gasteiger partial charge in [-0.05, 0) is 43.4 Å². The Morgan fingerprint density at radius 3 is 2.68 bits per heavy atom. The van der Waals surface area contributed by atoms with Gasteiger partial charge in [-0.25, -0.2) is 0 Å². The van der Waals surface area contributed by atoms with Crippen molar-refractivity contribution in [1.29, 1.82) is 0 Å². The molecule has 1 saturated heterocycles. The molecule has 5 nitrogen and oxygen atoms in total. The summed E-state index contributed by atoms with van der Waals surface area (Å²) in [6.45, 7) is 3.46. The highest BCUT2D eigenvalue weighted by molar-refractivity contribution is 6.30. The number of likely N-dealkylation sites (N-methyl/N-ethyl adjacent to an activating group) is 1. The largest absolute Gasteiger partial charge is 0.481 e. The van der Waals surface area contributed by atoms with Crippen molar-refractivity contribution in [2.24, 2.45) is 11.3 Å². The molecule has 3 atom stereocenters. The van der Waals surface area contributed by atoms with E-state index in [0.717, 1.165) is 24.8 Å². The Kier molecular flexibility index (Phi) is 5.07. The molecule has 1 heterocycles. The number of hydrogen-bond donors (Lipinski definition) is 1. The third-order valence-corrected chi connectivity index (χ3v) is 6.30. The summed E-state index contributed by atoms with van der Waals surface area (Å²) in [5.74, 6) is -0.507. The van der Waals surface area contributed by atoms with Gasteiger partial charge in [0.1, 0.15) is 0 Å². The van der Waals surface area contributed by atoms with Gasteiger partial charge < -0.3 is 10.0 Å². The predicted molar refractivity (Wildman–Crippen MR) is 96.5 cm³/mol. The van der Waals surface area contributed by atoms with Crippen LogP contribution in [0.3, 0.4) is 0 Å². The van der Waals surface area contributed by atoms with Crippen molar-refractivity contribution in [2.45, 2.75) is 32.2 Å². The first-order valence-electron chi connectivity index (χ1n) is 8.80. The number of rotatable bonds is 5. The van der Waals surface area contributed by atoms with Crippen molar-refractivity contribution in [2.75, 3.05) is 26.7 Å². The second-order valence-electron chi connectivity index (χ2n) is 7.45. The molecule has 6 heteroatoms.